The van der Waals surface area contributed by atoms with E-state index in [0.29, 0.717) is 22.9 Å². The average molecular weight is 345 g/mol. The summed E-state index contributed by atoms with van der Waals surface area (Å²) in [5.74, 6) is 0.882. The summed E-state index contributed by atoms with van der Waals surface area (Å²) in [6.45, 7) is 3.80. The standard InChI is InChI=1S/C17H23N5O3/c1-11-8-15(24-2)16(25-3)9-13(11)19-17(23)14-10-22(21-20-14)12-4-6-18-7-5-12/h8-10,12,18H,4-7H2,1-3H3,(H,19,23). The van der Waals surface area contributed by atoms with Crippen LogP contribution in [0.5, 0.6) is 11.5 Å². The summed E-state index contributed by atoms with van der Waals surface area (Å²) in [7, 11) is 3.14. The molecule has 0 unspecified atom stereocenters. The molecular formula is C17H23N5O3. The van der Waals surface area contributed by atoms with E-state index in [9.17, 15) is 4.79 Å². The molecule has 1 aliphatic rings. The van der Waals surface area contributed by atoms with Gasteiger partial charge in [0, 0.05) is 11.8 Å². The molecule has 8 heteroatoms. The first-order valence-electron chi connectivity index (χ1n) is 8.29. The molecule has 8 nitrogen and oxygen atoms in total. The average Bonchev–Trinajstić information content (AvgIpc) is 3.14. The van der Waals surface area contributed by atoms with Crippen molar-refractivity contribution >= 4 is 11.6 Å². The van der Waals surface area contributed by atoms with Gasteiger partial charge in [0.25, 0.3) is 5.91 Å². The molecule has 2 heterocycles. The summed E-state index contributed by atoms with van der Waals surface area (Å²) in [5, 5.41) is 14.3. The van der Waals surface area contributed by atoms with Crippen molar-refractivity contribution in [2.24, 2.45) is 0 Å². The number of ether oxygens (including phenoxy) is 2. The third-order valence-corrected chi connectivity index (χ3v) is 4.40. The van der Waals surface area contributed by atoms with Gasteiger partial charge in [0.2, 0.25) is 0 Å². The maximum Gasteiger partial charge on any atom is 0.277 e. The Kier molecular flexibility index (Phi) is 5.18. The maximum atomic E-state index is 12.5. The zero-order chi connectivity index (χ0) is 17.8. The molecule has 2 N–H and O–H groups in total. The molecule has 25 heavy (non-hydrogen) atoms. The third-order valence-electron chi connectivity index (χ3n) is 4.40. The topological polar surface area (TPSA) is 90.3 Å². The molecule has 0 aliphatic carbocycles. The van der Waals surface area contributed by atoms with Crippen molar-refractivity contribution in [2.45, 2.75) is 25.8 Å². The number of nitrogens with zero attached hydrogens (tertiary/aromatic N) is 3. The van der Waals surface area contributed by atoms with Crippen LogP contribution in [0.3, 0.4) is 0 Å². The first-order chi connectivity index (χ1) is 12.1. The lowest BCUT2D eigenvalue weighted by molar-refractivity contribution is 0.102. The lowest BCUT2D eigenvalue weighted by Gasteiger charge is -2.22. The predicted octanol–water partition coefficient (Wildman–Crippen LogP) is 1.78. The first-order valence-corrected chi connectivity index (χ1v) is 8.29. The van der Waals surface area contributed by atoms with Crippen LogP contribution in [0.15, 0.2) is 18.3 Å². The van der Waals surface area contributed by atoms with E-state index in [1.807, 2.05) is 13.0 Å². The molecule has 0 spiro atoms. The van der Waals surface area contributed by atoms with Gasteiger partial charge in [0.15, 0.2) is 17.2 Å². The van der Waals surface area contributed by atoms with E-state index in [1.165, 1.54) is 0 Å². The maximum absolute atomic E-state index is 12.5. The first kappa shape index (κ1) is 17.2. The fourth-order valence-corrected chi connectivity index (χ4v) is 2.93. The molecule has 1 aromatic carbocycles. The number of benzene rings is 1. The highest BCUT2D eigenvalue weighted by molar-refractivity contribution is 6.03. The number of methoxy groups -OCH3 is 2. The van der Waals surface area contributed by atoms with Gasteiger partial charge in [-0.05, 0) is 44.5 Å². The number of rotatable bonds is 5. The van der Waals surface area contributed by atoms with E-state index < -0.39 is 0 Å². The normalized spacial score (nSPS) is 15.0. The van der Waals surface area contributed by atoms with Crippen molar-refractivity contribution in [3.05, 3.63) is 29.6 Å². The summed E-state index contributed by atoms with van der Waals surface area (Å²) in [6, 6.07) is 3.85. The Morgan fingerprint density at radius 3 is 2.60 bits per heavy atom. The van der Waals surface area contributed by atoms with Gasteiger partial charge >= 0.3 is 0 Å². The number of aryl methyl sites for hydroxylation is 1. The van der Waals surface area contributed by atoms with Crippen LogP contribution >= 0.6 is 0 Å². The highest BCUT2D eigenvalue weighted by Gasteiger charge is 2.19. The quantitative estimate of drug-likeness (QED) is 0.858. The van der Waals surface area contributed by atoms with Crippen LogP contribution in [0.1, 0.15) is 34.9 Å². The number of carbonyl (C=O) groups is 1. The molecule has 0 radical (unpaired) electrons. The molecular weight excluding hydrogens is 322 g/mol. The molecule has 0 atom stereocenters. The molecule has 2 aromatic rings. The van der Waals surface area contributed by atoms with Crippen LogP contribution in [-0.2, 0) is 0 Å². The Labute approximate surface area is 146 Å². The van der Waals surface area contributed by atoms with E-state index in [0.717, 1.165) is 31.5 Å². The number of hydrogen-bond donors (Lipinski definition) is 2. The SMILES string of the molecule is COc1cc(C)c(NC(=O)c2cn(C3CCNCC3)nn2)cc1OC. The Morgan fingerprint density at radius 2 is 1.92 bits per heavy atom. The Hall–Kier alpha value is -2.61. The minimum Gasteiger partial charge on any atom is -0.493 e. The van der Waals surface area contributed by atoms with Crippen molar-refractivity contribution in [3.8, 4) is 11.5 Å². The summed E-state index contributed by atoms with van der Waals surface area (Å²) in [6.07, 6.45) is 3.68. The molecule has 3 rings (SSSR count). The van der Waals surface area contributed by atoms with E-state index in [-0.39, 0.29) is 11.9 Å². The molecule has 0 saturated carbocycles. The number of aromatic nitrogens is 3. The summed E-state index contributed by atoms with van der Waals surface area (Å²) in [5.41, 5.74) is 1.82. The van der Waals surface area contributed by atoms with Crippen molar-refractivity contribution in [3.63, 3.8) is 0 Å². The summed E-state index contributed by atoms with van der Waals surface area (Å²) >= 11 is 0. The monoisotopic (exact) mass is 345 g/mol. The van der Waals surface area contributed by atoms with Gasteiger partial charge in [-0.25, -0.2) is 4.68 Å². The molecule has 0 bridgehead atoms. The van der Waals surface area contributed by atoms with Crippen LogP contribution in [0.4, 0.5) is 5.69 Å². The second kappa shape index (κ2) is 7.52. The van der Waals surface area contributed by atoms with Gasteiger partial charge in [-0.3, -0.25) is 4.79 Å². The van der Waals surface area contributed by atoms with Gasteiger partial charge in [-0.1, -0.05) is 5.21 Å². The van der Waals surface area contributed by atoms with Gasteiger partial charge < -0.3 is 20.1 Å². The second-order valence-electron chi connectivity index (χ2n) is 6.04. The van der Waals surface area contributed by atoms with E-state index in [1.54, 1.807) is 31.2 Å². The highest BCUT2D eigenvalue weighted by Crippen LogP contribution is 2.33. The van der Waals surface area contributed by atoms with E-state index in [4.69, 9.17) is 9.47 Å². The number of anilines is 1. The number of hydrogen-bond acceptors (Lipinski definition) is 6. The zero-order valence-electron chi connectivity index (χ0n) is 14.7. The lowest BCUT2D eigenvalue weighted by Crippen LogP contribution is -2.29. The fourth-order valence-electron chi connectivity index (χ4n) is 2.93. The van der Waals surface area contributed by atoms with E-state index in [2.05, 4.69) is 20.9 Å². The smallest absolute Gasteiger partial charge is 0.277 e. The fraction of sp³-hybridized carbons (Fsp3) is 0.471. The Bertz CT molecular complexity index is 753. The highest BCUT2D eigenvalue weighted by atomic mass is 16.5. The third kappa shape index (κ3) is 3.74. The lowest BCUT2D eigenvalue weighted by atomic mass is 10.1. The molecule has 134 valence electrons. The minimum absolute atomic E-state index is 0.290. The number of piperidine rings is 1. The van der Waals surface area contributed by atoms with Crippen molar-refractivity contribution in [1.82, 2.24) is 20.3 Å². The predicted molar refractivity (Wildman–Crippen MR) is 93.4 cm³/mol. The molecule has 1 aromatic heterocycles. The van der Waals surface area contributed by atoms with Gasteiger partial charge in [-0.15, -0.1) is 5.10 Å². The number of nitrogens with one attached hydrogen (secondary N) is 2. The number of carbonyl (C=O) groups excluding carboxylic acids is 1. The van der Waals surface area contributed by atoms with E-state index >= 15 is 0 Å². The molecule has 1 fully saturated rings. The second-order valence-corrected chi connectivity index (χ2v) is 6.04. The van der Waals surface area contributed by atoms with Crippen LogP contribution in [-0.4, -0.2) is 48.2 Å². The Morgan fingerprint density at radius 1 is 1.24 bits per heavy atom. The van der Waals surface area contributed by atoms with Crippen LogP contribution in [0.25, 0.3) is 0 Å². The molecule has 1 aliphatic heterocycles. The zero-order valence-corrected chi connectivity index (χ0v) is 14.7. The number of amides is 1. The minimum atomic E-state index is -0.296. The largest absolute Gasteiger partial charge is 0.493 e. The Balaban J connectivity index is 1.75. The van der Waals surface area contributed by atoms with Gasteiger partial charge in [0.05, 0.1) is 26.5 Å². The van der Waals surface area contributed by atoms with Crippen molar-refractivity contribution in [2.75, 3.05) is 32.6 Å². The summed E-state index contributed by atoms with van der Waals surface area (Å²) < 4.78 is 12.3. The van der Waals surface area contributed by atoms with Gasteiger partial charge in [-0.2, -0.15) is 0 Å². The van der Waals surface area contributed by atoms with Gasteiger partial charge in [0.1, 0.15) is 0 Å². The summed E-state index contributed by atoms with van der Waals surface area (Å²) in [4.78, 5) is 12.5. The van der Waals surface area contributed by atoms with Crippen LogP contribution < -0.4 is 20.1 Å². The van der Waals surface area contributed by atoms with Crippen LogP contribution in [0, 0.1) is 6.92 Å². The molecule has 1 saturated heterocycles. The molecule has 1 amide bonds. The van der Waals surface area contributed by atoms with Crippen molar-refractivity contribution < 1.29 is 14.3 Å². The van der Waals surface area contributed by atoms with Crippen LogP contribution in [0.2, 0.25) is 0 Å². The van der Waals surface area contributed by atoms with Crippen molar-refractivity contribution in [1.29, 1.82) is 0 Å².